The summed E-state index contributed by atoms with van der Waals surface area (Å²) in [5, 5.41) is 3.92. The molecule has 2 aromatic rings. The Labute approximate surface area is 135 Å². The minimum Gasteiger partial charge on any atom is -0.383 e. The summed E-state index contributed by atoms with van der Waals surface area (Å²) < 4.78 is 5.04. The number of benzene rings is 1. The Morgan fingerprint density at radius 1 is 1.32 bits per heavy atom. The molecule has 0 radical (unpaired) electrons. The standard InChI is InChI=1S/C17H22N2O2S/c1-11-5-7-14(8-6-11)17-15(22-13(3)19-17)9-16(20)18-12(2)10-21-4/h5-8,12H,9-10H2,1-4H3,(H,18,20). The first-order chi connectivity index (χ1) is 10.5. The second-order valence-corrected chi connectivity index (χ2v) is 6.76. The van der Waals surface area contributed by atoms with Gasteiger partial charge >= 0.3 is 0 Å². The molecule has 0 bridgehead atoms. The van der Waals surface area contributed by atoms with Gasteiger partial charge in [-0.3, -0.25) is 4.79 Å². The molecule has 22 heavy (non-hydrogen) atoms. The van der Waals surface area contributed by atoms with Crippen LogP contribution in [0.2, 0.25) is 0 Å². The topological polar surface area (TPSA) is 51.2 Å². The van der Waals surface area contributed by atoms with Crippen molar-refractivity contribution in [3.63, 3.8) is 0 Å². The number of aromatic nitrogens is 1. The van der Waals surface area contributed by atoms with Gasteiger partial charge in [0.1, 0.15) is 0 Å². The quantitative estimate of drug-likeness (QED) is 0.890. The van der Waals surface area contributed by atoms with E-state index in [2.05, 4.69) is 41.5 Å². The van der Waals surface area contributed by atoms with Crippen molar-refractivity contribution in [2.45, 2.75) is 33.2 Å². The van der Waals surface area contributed by atoms with Crippen LogP contribution >= 0.6 is 11.3 Å². The molecule has 0 fully saturated rings. The molecule has 1 aromatic carbocycles. The van der Waals surface area contributed by atoms with Crippen LogP contribution in [0.1, 0.15) is 22.4 Å². The summed E-state index contributed by atoms with van der Waals surface area (Å²) in [6.07, 6.45) is 0.350. The molecule has 1 heterocycles. The van der Waals surface area contributed by atoms with E-state index in [1.54, 1.807) is 18.4 Å². The highest BCUT2D eigenvalue weighted by atomic mass is 32.1. The molecule has 2 rings (SSSR count). The third-order valence-corrected chi connectivity index (χ3v) is 4.25. The lowest BCUT2D eigenvalue weighted by Gasteiger charge is -2.12. The lowest BCUT2D eigenvalue weighted by atomic mass is 10.1. The minimum atomic E-state index is 0.00145. The zero-order valence-electron chi connectivity index (χ0n) is 13.5. The Morgan fingerprint density at radius 2 is 2.00 bits per heavy atom. The van der Waals surface area contributed by atoms with Crippen LogP contribution in [-0.4, -0.2) is 30.6 Å². The molecule has 0 saturated carbocycles. The number of carbonyl (C=O) groups excluding carboxylic acids is 1. The number of hydrogen-bond donors (Lipinski definition) is 1. The van der Waals surface area contributed by atoms with E-state index in [0.717, 1.165) is 21.1 Å². The SMILES string of the molecule is COCC(C)NC(=O)Cc1sc(C)nc1-c1ccc(C)cc1. The monoisotopic (exact) mass is 318 g/mol. The van der Waals surface area contributed by atoms with Crippen molar-refractivity contribution in [3.8, 4) is 11.3 Å². The Hall–Kier alpha value is -1.72. The smallest absolute Gasteiger partial charge is 0.225 e. The molecule has 1 atom stereocenters. The zero-order valence-corrected chi connectivity index (χ0v) is 14.3. The first-order valence-corrected chi connectivity index (χ1v) is 8.13. The summed E-state index contributed by atoms with van der Waals surface area (Å²) in [5.74, 6) is 0.00145. The third kappa shape index (κ3) is 4.39. The van der Waals surface area contributed by atoms with Gasteiger partial charge in [0.2, 0.25) is 5.91 Å². The molecule has 0 spiro atoms. The number of aryl methyl sites for hydroxylation is 2. The van der Waals surface area contributed by atoms with Gasteiger partial charge in [-0.2, -0.15) is 0 Å². The highest BCUT2D eigenvalue weighted by Crippen LogP contribution is 2.28. The number of nitrogens with one attached hydrogen (secondary N) is 1. The van der Waals surface area contributed by atoms with Crippen molar-refractivity contribution in [3.05, 3.63) is 39.7 Å². The predicted molar refractivity (Wildman–Crippen MR) is 90.2 cm³/mol. The summed E-state index contributed by atoms with van der Waals surface area (Å²) in [7, 11) is 1.63. The van der Waals surface area contributed by atoms with E-state index in [4.69, 9.17) is 4.74 Å². The number of methoxy groups -OCH3 is 1. The van der Waals surface area contributed by atoms with Gasteiger partial charge in [0.05, 0.1) is 23.7 Å². The van der Waals surface area contributed by atoms with Gasteiger partial charge in [-0.25, -0.2) is 4.98 Å². The number of hydrogen-bond acceptors (Lipinski definition) is 4. The highest BCUT2D eigenvalue weighted by Gasteiger charge is 2.16. The molecule has 0 saturated heterocycles. The molecular formula is C17H22N2O2S. The summed E-state index contributed by atoms with van der Waals surface area (Å²) in [4.78, 5) is 17.8. The maximum Gasteiger partial charge on any atom is 0.225 e. The van der Waals surface area contributed by atoms with Crippen LogP contribution in [0.3, 0.4) is 0 Å². The largest absolute Gasteiger partial charge is 0.383 e. The Morgan fingerprint density at radius 3 is 2.64 bits per heavy atom. The van der Waals surface area contributed by atoms with Crippen molar-refractivity contribution in [2.75, 3.05) is 13.7 Å². The second-order valence-electron chi connectivity index (χ2n) is 5.47. The Bertz CT molecular complexity index is 635. The van der Waals surface area contributed by atoms with E-state index in [1.165, 1.54) is 5.56 Å². The molecule has 5 heteroatoms. The minimum absolute atomic E-state index is 0.00145. The van der Waals surface area contributed by atoms with E-state index >= 15 is 0 Å². The third-order valence-electron chi connectivity index (χ3n) is 3.27. The average Bonchev–Trinajstić information content (AvgIpc) is 2.80. The van der Waals surface area contributed by atoms with Crippen molar-refractivity contribution >= 4 is 17.2 Å². The fourth-order valence-electron chi connectivity index (χ4n) is 2.29. The molecule has 0 aliphatic rings. The number of rotatable bonds is 6. The van der Waals surface area contributed by atoms with Gasteiger partial charge in [0, 0.05) is 23.6 Å². The van der Waals surface area contributed by atoms with Crippen LogP contribution in [0.4, 0.5) is 0 Å². The van der Waals surface area contributed by atoms with Gasteiger partial charge < -0.3 is 10.1 Å². The fourth-order valence-corrected chi connectivity index (χ4v) is 3.25. The van der Waals surface area contributed by atoms with Crippen molar-refractivity contribution < 1.29 is 9.53 Å². The number of ether oxygens (including phenoxy) is 1. The van der Waals surface area contributed by atoms with Crippen molar-refractivity contribution in [2.24, 2.45) is 0 Å². The van der Waals surface area contributed by atoms with E-state index in [0.29, 0.717) is 13.0 Å². The normalized spacial score (nSPS) is 12.2. The first-order valence-electron chi connectivity index (χ1n) is 7.31. The van der Waals surface area contributed by atoms with Gasteiger partial charge in [0.25, 0.3) is 0 Å². The fraction of sp³-hybridized carbons (Fsp3) is 0.412. The van der Waals surface area contributed by atoms with Crippen LogP contribution in [0, 0.1) is 13.8 Å². The summed E-state index contributed by atoms with van der Waals surface area (Å²) in [6, 6.07) is 8.25. The molecule has 4 nitrogen and oxygen atoms in total. The predicted octanol–water partition coefficient (Wildman–Crippen LogP) is 3.12. The molecule has 1 amide bonds. The summed E-state index contributed by atoms with van der Waals surface area (Å²) in [5.41, 5.74) is 3.18. The van der Waals surface area contributed by atoms with E-state index in [1.807, 2.05) is 13.8 Å². The van der Waals surface area contributed by atoms with E-state index < -0.39 is 0 Å². The van der Waals surface area contributed by atoms with Crippen molar-refractivity contribution in [1.82, 2.24) is 10.3 Å². The van der Waals surface area contributed by atoms with E-state index in [-0.39, 0.29) is 11.9 Å². The maximum absolute atomic E-state index is 12.2. The average molecular weight is 318 g/mol. The zero-order chi connectivity index (χ0) is 16.1. The van der Waals surface area contributed by atoms with Gasteiger partial charge in [-0.05, 0) is 20.8 Å². The van der Waals surface area contributed by atoms with Crippen LogP contribution in [-0.2, 0) is 16.0 Å². The number of carbonyl (C=O) groups is 1. The van der Waals surface area contributed by atoms with Crippen LogP contribution in [0.25, 0.3) is 11.3 Å². The van der Waals surface area contributed by atoms with Crippen molar-refractivity contribution in [1.29, 1.82) is 0 Å². The van der Waals surface area contributed by atoms with Crippen LogP contribution in [0.15, 0.2) is 24.3 Å². The summed E-state index contributed by atoms with van der Waals surface area (Å²) >= 11 is 1.58. The van der Waals surface area contributed by atoms with Gasteiger partial charge in [-0.1, -0.05) is 29.8 Å². The molecule has 1 N–H and O–H groups in total. The van der Waals surface area contributed by atoms with Crippen LogP contribution < -0.4 is 5.32 Å². The molecule has 1 aromatic heterocycles. The Kier molecular flexibility index (Phi) is 5.69. The van der Waals surface area contributed by atoms with Gasteiger partial charge in [-0.15, -0.1) is 11.3 Å². The Balaban J connectivity index is 2.15. The van der Waals surface area contributed by atoms with Gasteiger partial charge in [0.15, 0.2) is 0 Å². The summed E-state index contributed by atoms with van der Waals surface area (Å²) in [6.45, 7) is 6.47. The first kappa shape index (κ1) is 16.6. The van der Waals surface area contributed by atoms with E-state index in [9.17, 15) is 4.79 Å². The molecule has 0 aliphatic heterocycles. The molecule has 1 unspecified atom stereocenters. The lowest BCUT2D eigenvalue weighted by molar-refractivity contribution is -0.121. The number of thiazole rings is 1. The lowest BCUT2D eigenvalue weighted by Crippen LogP contribution is -2.36. The maximum atomic E-state index is 12.2. The highest BCUT2D eigenvalue weighted by molar-refractivity contribution is 7.12. The molecule has 118 valence electrons. The van der Waals surface area contributed by atoms with Crippen LogP contribution in [0.5, 0.6) is 0 Å². The number of amides is 1. The number of nitrogens with zero attached hydrogens (tertiary/aromatic N) is 1. The molecular weight excluding hydrogens is 296 g/mol. The molecule has 0 aliphatic carbocycles. The second kappa shape index (κ2) is 7.51.